The lowest BCUT2D eigenvalue weighted by Crippen LogP contribution is -2.48. The zero-order valence-electron chi connectivity index (χ0n) is 10.6. The van der Waals surface area contributed by atoms with Crippen LogP contribution in [0, 0.1) is 0 Å². The molecule has 0 atom stereocenters. The fourth-order valence-corrected chi connectivity index (χ4v) is 3.12. The van der Waals surface area contributed by atoms with E-state index in [9.17, 15) is 8.42 Å². The van der Waals surface area contributed by atoms with Crippen LogP contribution in [0.2, 0.25) is 0 Å². The van der Waals surface area contributed by atoms with Crippen LogP contribution in [0.1, 0.15) is 11.1 Å². The highest BCUT2D eigenvalue weighted by molar-refractivity contribution is 7.88. The van der Waals surface area contributed by atoms with Gasteiger partial charge in [0, 0.05) is 13.1 Å². The average Bonchev–Trinajstić information content (AvgIpc) is 2.39. The van der Waals surface area contributed by atoms with E-state index in [4.69, 9.17) is 9.84 Å². The predicted molar refractivity (Wildman–Crippen MR) is 70.5 cm³/mol. The number of hydrogen-bond donors (Lipinski definition) is 2. The predicted octanol–water partition coefficient (Wildman–Crippen LogP) is -0.155. The number of hydrazine groups is 1. The summed E-state index contributed by atoms with van der Waals surface area (Å²) in [5, 5.41) is 10.6. The van der Waals surface area contributed by atoms with Gasteiger partial charge in [0.2, 0.25) is 10.0 Å². The van der Waals surface area contributed by atoms with Crippen LogP contribution in [-0.4, -0.2) is 44.8 Å². The molecule has 0 aliphatic carbocycles. The van der Waals surface area contributed by atoms with Crippen molar-refractivity contribution in [3.8, 4) is 0 Å². The van der Waals surface area contributed by atoms with E-state index in [0.29, 0.717) is 31.9 Å². The minimum Gasteiger partial charge on any atom is -0.392 e. The topological polar surface area (TPSA) is 78.9 Å². The molecule has 106 valence electrons. The monoisotopic (exact) mass is 286 g/mol. The SMILES string of the molecule is O=S(=O)(Cc1ccc(CO)cc1)NN1CCOCC1. The maximum absolute atomic E-state index is 12.0. The minimum atomic E-state index is -3.40. The molecule has 0 aromatic heterocycles. The van der Waals surface area contributed by atoms with Crippen molar-refractivity contribution in [1.82, 2.24) is 9.84 Å². The van der Waals surface area contributed by atoms with Crippen LogP contribution < -0.4 is 4.83 Å². The van der Waals surface area contributed by atoms with E-state index >= 15 is 0 Å². The lowest BCUT2D eigenvalue weighted by Gasteiger charge is -2.26. The Bertz CT molecular complexity index is 495. The van der Waals surface area contributed by atoms with Crippen molar-refractivity contribution in [2.24, 2.45) is 0 Å². The standard InChI is InChI=1S/C12H18N2O4S/c15-9-11-1-3-12(4-2-11)10-19(16,17)13-14-5-7-18-8-6-14/h1-4,13,15H,5-10H2. The molecule has 1 heterocycles. The third-order valence-corrected chi connectivity index (χ3v) is 4.09. The maximum atomic E-state index is 12.0. The van der Waals surface area contributed by atoms with Crippen molar-refractivity contribution in [3.05, 3.63) is 35.4 Å². The number of sulfonamides is 1. The third-order valence-electron chi connectivity index (χ3n) is 2.84. The minimum absolute atomic E-state index is 0.0426. The molecule has 0 bridgehead atoms. The molecule has 2 N–H and O–H groups in total. The molecule has 1 fully saturated rings. The Balaban J connectivity index is 1.95. The van der Waals surface area contributed by atoms with Crippen LogP contribution in [0.25, 0.3) is 0 Å². The van der Waals surface area contributed by atoms with Gasteiger partial charge in [-0.05, 0) is 11.1 Å². The first-order chi connectivity index (χ1) is 9.09. The van der Waals surface area contributed by atoms with Crippen LogP contribution in [0.4, 0.5) is 0 Å². The number of nitrogens with one attached hydrogen (secondary N) is 1. The van der Waals surface area contributed by atoms with Crippen LogP contribution in [0.3, 0.4) is 0 Å². The van der Waals surface area contributed by atoms with Crippen molar-refractivity contribution < 1.29 is 18.3 Å². The lowest BCUT2D eigenvalue weighted by molar-refractivity contribution is 0.0272. The first-order valence-electron chi connectivity index (χ1n) is 6.10. The summed E-state index contributed by atoms with van der Waals surface area (Å²) in [4.78, 5) is 2.55. The van der Waals surface area contributed by atoms with Crippen molar-refractivity contribution in [1.29, 1.82) is 0 Å². The number of nitrogens with zero attached hydrogens (tertiary/aromatic N) is 1. The first kappa shape index (κ1) is 14.4. The molecule has 1 aliphatic heterocycles. The molecule has 6 nitrogen and oxygen atoms in total. The summed E-state index contributed by atoms with van der Waals surface area (Å²) >= 11 is 0. The molecule has 1 saturated heterocycles. The van der Waals surface area contributed by atoms with Gasteiger partial charge in [-0.3, -0.25) is 0 Å². The molecule has 0 saturated carbocycles. The highest BCUT2D eigenvalue weighted by Crippen LogP contribution is 2.08. The van der Waals surface area contributed by atoms with Gasteiger partial charge in [0.05, 0.1) is 25.6 Å². The van der Waals surface area contributed by atoms with Crippen LogP contribution >= 0.6 is 0 Å². The van der Waals surface area contributed by atoms with E-state index in [1.54, 1.807) is 29.3 Å². The summed E-state index contributed by atoms with van der Waals surface area (Å²) in [6.45, 7) is 2.14. The van der Waals surface area contributed by atoms with Gasteiger partial charge < -0.3 is 9.84 Å². The molecule has 7 heteroatoms. The Labute approximate surface area is 113 Å². The van der Waals surface area contributed by atoms with Crippen LogP contribution in [0.5, 0.6) is 0 Å². The largest absolute Gasteiger partial charge is 0.392 e. The van der Waals surface area contributed by atoms with Gasteiger partial charge in [-0.15, -0.1) is 4.83 Å². The van der Waals surface area contributed by atoms with Gasteiger partial charge in [-0.2, -0.15) is 0 Å². The number of benzene rings is 1. The molecule has 0 spiro atoms. The number of ether oxygens (including phenoxy) is 1. The molecule has 1 aliphatic rings. The Morgan fingerprint density at radius 2 is 1.74 bits per heavy atom. The Kier molecular flexibility index (Phi) is 4.89. The van der Waals surface area contributed by atoms with Crippen molar-refractivity contribution in [2.75, 3.05) is 26.3 Å². The molecule has 0 radical (unpaired) electrons. The molecule has 1 aromatic rings. The molecule has 19 heavy (non-hydrogen) atoms. The van der Waals surface area contributed by atoms with E-state index in [1.807, 2.05) is 0 Å². The van der Waals surface area contributed by atoms with Crippen molar-refractivity contribution in [2.45, 2.75) is 12.4 Å². The van der Waals surface area contributed by atoms with Crippen molar-refractivity contribution in [3.63, 3.8) is 0 Å². The smallest absolute Gasteiger partial charge is 0.228 e. The molecule has 2 rings (SSSR count). The van der Waals surface area contributed by atoms with Crippen molar-refractivity contribution >= 4 is 10.0 Å². The molecular weight excluding hydrogens is 268 g/mol. The molecule has 0 unspecified atom stereocenters. The second-order valence-electron chi connectivity index (χ2n) is 4.42. The van der Waals surface area contributed by atoms with E-state index in [0.717, 1.165) is 5.56 Å². The Hall–Kier alpha value is -0.990. The first-order valence-corrected chi connectivity index (χ1v) is 7.76. The van der Waals surface area contributed by atoms with Gasteiger partial charge >= 0.3 is 0 Å². The maximum Gasteiger partial charge on any atom is 0.228 e. The number of rotatable bonds is 5. The number of hydrogen-bond acceptors (Lipinski definition) is 5. The second kappa shape index (κ2) is 6.44. The fraction of sp³-hybridized carbons (Fsp3) is 0.500. The zero-order valence-corrected chi connectivity index (χ0v) is 11.4. The summed E-state index contributed by atoms with van der Waals surface area (Å²) in [6.07, 6.45) is 0. The van der Waals surface area contributed by atoms with Gasteiger partial charge in [-0.25, -0.2) is 13.4 Å². The van der Waals surface area contributed by atoms with E-state index in [2.05, 4.69) is 4.83 Å². The summed E-state index contributed by atoms with van der Waals surface area (Å²) in [5.41, 5.74) is 1.46. The molecule has 1 aromatic carbocycles. The summed E-state index contributed by atoms with van der Waals surface area (Å²) in [7, 11) is -3.40. The fourth-order valence-electron chi connectivity index (χ4n) is 1.84. The third kappa shape index (κ3) is 4.55. The number of aliphatic hydroxyl groups excluding tert-OH is 1. The van der Waals surface area contributed by atoms with Gasteiger partial charge in [0.25, 0.3) is 0 Å². The Morgan fingerprint density at radius 3 is 2.32 bits per heavy atom. The van der Waals surface area contributed by atoms with Crippen LogP contribution in [-0.2, 0) is 27.1 Å². The number of morpholine rings is 1. The van der Waals surface area contributed by atoms with E-state index < -0.39 is 10.0 Å². The lowest BCUT2D eigenvalue weighted by atomic mass is 10.2. The zero-order chi connectivity index (χ0) is 13.7. The summed E-state index contributed by atoms with van der Waals surface area (Å²) < 4.78 is 29.1. The second-order valence-corrected chi connectivity index (χ2v) is 6.13. The molecular formula is C12H18N2O4S. The van der Waals surface area contributed by atoms with Crippen LogP contribution in [0.15, 0.2) is 24.3 Å². The van der Waals surface area contributed by atoms with Gasteiger partial charge in [0.1, 0.15) is 0 Å². The number of aliphatic hydroxyl groups is 1. The van der Waals surface area contributed by atoms with E-state index in [1.165, 1.54) is 0 Å². The average molecular weight is 286 g/mol. The normalized spacial score (nSPS) is 17.5. The quantitative estimate of drug-likeness (QED) is 0.787. The van der Waals surface area contributed by atoms with Gasteiger partial charge in [-0.1, -0.05) is 24.3 Å². The highest BCUT2D eigenvalue weighted by atomic mass is 32.2. The summed E-state index contributed by atoms with van der Waals surface area (Å²) in [6, 6.07) is 6.87. The highest BCUT2D eigenvalue weighted by Gasteiger charge is 2.18. The van der Waals surface area contributed by atoms with E-state index in [-0.39, 0.29) is 12.4 Å². The summed E-state index contributed by atoms with van der Waals surface area (Å²) in [5.74, 6) is -0.0733. The molecule has 0 amide bonds. The van der Waals surface area contributed by atoms with Gasteiger partial charge in [0.15, 0.2) is 0 Å². The Morgan fingerprint density at radius 1 is 1.16 bits per heavy atom.